The van der Waals surface area contributed by atoms with E-state index in [1.807, 2.05) is 48.5 Å². The van der Waals surface area contributed by atoms with E-state index in [2.05, 4.69) is 72.1 Å². The lowest BCUT2D eigenvalue weighted by Crippen LogP contribution is -2.51. The predicted molar refractivity (Wildman–Crippen MR) is 217 cm³/mol. The first-order valence-electron chi connectivity index (χ1n) is 21.2. The number of azo groups is 1. The number of quaternary nitrogens is 1. The van der Waals surface area contributed by atoms with Crippen molar-refractivity contribution in [3.05, 3.63) is 65.7 Å². The Morgan fingerprint density at radius 3 is 2.21 bits per heavy atom. The molecule has 3 fully saturated rings. The number of allylic oxidation sites excluding steroid dienone is 1. The van der Waals surface area contributed by atoms with Crippen molar-refractivity contribution in [3.8, 4) is 5.75 Å². The summed E-state index contributed by atoms with van der Waals surface area (Å²) in [6, 6.07) is 15.0. The number of unbranched alkanes of at least 4 members (excludes halogenated alkanes) is 1. The van der Waals surface area contributed by atoms with Crippen LogP contribution in [0.4, 0.5) is 11.4 Å². The van der Waals surface area contributed by atoms with Crippen molar-refractivity contribution < 1.29 is 18.8 Å². The van der Waals surface area contributed by atoms with Gasteiger partial charge >= 0.3 is 5.97 Å². The molecule has 0 heterocycles. The highest BCUT2D eigenvalue weighted by molar-refractivity contribution is 5.89. The number of carbonyl (C=O) groups is 1. The Balaban J connectivity index is 0.982. The Morgan fingerprint density at radius 1 is 0.830 bits per heavy atom. The van der Waals surface area contributed by atoms with Crippen LogP contribution in [0, 0.1) is 46.3 Å². The van der Waals surface area contributed by atoms with Crippen molar-refractivity contribution in [2.45, 2.75) is 124 Å². The second-order valence-corrected chi connectivity index (χ2v) is 19.4. The third-order valence-electron chi connectivity index (χ3n) is 14.2. The highest BCUT2D eigenvalue weighted by Crippen LogP contribution is 2.67. The van der Waals surface area contributed by atoms with Gasteiger partial charge < -0.3 is 14.0 Å². The molecule has 53 heavy (non-hydrogen) atoms. The zero-order chi connectivity index (χ0) is 37.8. The summed E-state index contributed by atoms with van der Waals surface area (Å²) >= 11 is 0. The number of nitrogens with zero attached hydrogens (tertiary/aromatic N) is 3. The van der Waals surface area contributed by atoms with Crippen molar-refractivity contribution >= 4 is 17.3 Å². The molecule has 4 aliphatic carbocycles. The van der Waals surface area contributed by atoms with Gasteiger partial charge in [-0.05, 0) is 153 Å². The molecule has 0 aromatic heterocycles. The van der Waals surface area contributed by atoms with Gasteiger partial charge in [0, 0.05) is 6.42 Å². The number of ether oxygens (including phenoxy) is 2. The monoisotopic (exact) mass is 725 g/mol. The van der Waals surface area contributed by atoms with Gasteiger partial charge in [-0.2, -0.15) is 10.2 Å². The molecule has 6 rings (SSSR count). The largest absolute Gasteiger partial charge is 0.494 e. The number of rotatable bonds is 15. The first-order valence-corrected chi connectivity index (χ1v) is 21.2. The maximum absolute atomic E-state index is 13.3. The Kier molecular flexibility index (Phi) is 12.6. The first-order chi connectivity index (χ1) is 25.2. The smallest absolute Gasteiger partial charge is 0.338 e. The second kappa shape index (κ2) is 16.8. The van der Waals surface area contributed by atoms with E-state index < -0.39 is 0 Å². The molecule has 0 unspecified atom stereocenters. The molecule has 0 amide bonds. The molecule has 2 aromatic rings. The topological polar surface area (TPSA) is 60.2 Å². The standard InChI is InChI=1S/C47H70N3O3/c1-33(2)12-11-13-34(3)42-24-25-43-41-23-16-36-32-40(26-28-46(36,4)44(41)27-29-47(42,43)5)53-45(51)35-14-17-37(18-15-35)48-49-38-19-21-39(22-20-38)52-31-10-9-30-50(6,7)8/h14-22,33-34,40-44H,9-13,23-32H2,1-8H3/q+1/t34-,40+,41+,42-,43+,44+,46+,47-/m1/s1. The van der Waals surface area contributed by atoms with Crippen LogP contribution in [0.3, 0.4) is 0 Å². The van der Waals surface area contributed by atoms with Crippen molar-refractivity contribution in [2.24, 2.45) is 56.6 Å². The van der Waals surface area contributed by atoms with Crippen LogP contribution in [0.1, 0.15) is 128 Å². The van der Waals surface area contributed by atoms with Gasteiger partial charge in [0.1, 0.15) is 11.9 Å². The van der Waals surface area contributed by atoms with Crippen LogP contribution in [-0.4, -0.2) is 50.9 Å². The minimum Gasteiger partial charge on any atom is -0.494 e. The van der Waals surface area contributed by atoms with Crippen molar-refractivity contribution in [1.29, 1.82) is 0 Å². The average Bonchev–Trinajstić information content (AvgIpc) is 3.48. The Labute approximate surface area is 321 Å². The maximum atomic E-state index is 13.3. The van der Waals surface area contributed by atoms with Gasteiger partial charge in [0.05, 0.1) is 51.2 Å². The van der Waals surface area contributed by atoms with Crippen molar-refractivity contribution in [3.63, 3.8) is 0 Å². The molecule has 0 aliphatic heterocycles. The normalized spacial score (nSPS) is 30.4. The molecular weight excluding hydrogens is 655 g/mol. The Hall–Kier alpha value is -2.99. The van der Waals surface area contributed by atoms with Crippen LogP contribution < -0.4 is 4.74 Å². The fourth-order valence-electron chi connectivity index (χ4n) is 11.2. The number of esters is 1. The minimum atomic E-state index is -0.239. The van der Waals surface area contributed by atoms with E-state index >= 15 is 0 Å². The third kappa shape index (κ3) is 9.46. The highest BCUT2D eigenvalue weighted by atomic mass is 16.5. The quantitative estimate of drug-likeness (QED) is 0.0604. The Bertz CT molecular complexity index is 1570. The SMILES string of the molecule is CC(C)CCC[C@@H](C)[C@H]1CC[C@H]2[C@@H]3CC=C4C[C@@H](OC(=O)c5ccc(N=Nc6ccc(OCCCC[N+](C)(C)C)cc6)cc5)CC[C@]4(C)[C@H]3CC[C@]12C. The van der Waals surface area contributed by atoms with E-state index in [0.717, 1.165) is 90.1 Å². The van der Waals surface area contributed by atoms with Gasteiger partial charge in [0.25, 0.3) is 0 Å². The van der Waals surface area contributed by atoms with Gasteiger partial charge in [0.2, 0.25) is 0 Å². The summed E-state index contributed by atoms with van der Waals surface area (Å²) < 4.78 is 13.0. The van der Waals surface area contributed by atoms with E-state index in [-0.39, 0.29) is 17.5 Å². The van der Waals surface area contributed by atoms with Gasteiger partial charge in [-0.25, -0.2) is 4.79 Å². The molecule has 290 valence electrons. The molecule has 6 nitrogen and oxygen atoms in total. The Morgan fingerprint density at radius 2 is 1.53 bits per heavy atom. The summed E-state index contributed by atoms with van der Waals surface area (Å²) in [6.07, 6.45) is 18.7. The zero-order valence-electron chi connectivity index (χ0n) is 34.4. The van der Waals surface area contributed by atoms with E-state index in [9.17, 15) is 4.79 Å². The van der Waals surface area contributed by atoms with E-state index in [1.54, 1.807) is 5.57 Å². The van der Waals surface area contributed by atoms with Crippen LogP contribution >= 0.6 is 0 Å². The number of fused-ring (bicyclic) bond motifs is 5. The molecule has 0 bridgehead atoms. The summed E-state index contributed by atoms with van der Waals surface area (Å²) in [5.41, 5.74) is 4.35. The molecule has 0 spiro atoms. The van der Waals surface area contributed by atoms with Crippen LogP contribution in [0.15, 0.2) is 70.4 Å². The van der Waals surface area contributed by atoms with Crippen molar-refractivity contribution in [1.82, 2.24) is 0 Å². The lowest BCUT2D eigenvalue weighted by atomic mass is 9.47. The van der Waals surface area contributed by atoms with Gasteiger partial charge in [-0.3, -0.25) is 0 Å². The number of hydrogen-bond acceptors (Lipinski definition) is 5. The van der Waals surface area contributed by atoms with Crippen LogP contribution in [0.25, 0.3) is 0 Å². The summed E-state index contributed by atoms with van der Waals surface area (Å²) in [5.74, 6) is 5.61. The van der Waals surface area contributed by atoms with Crippen LogP contribution in [0.2, 0.25) is 0 Å². The number of benzene rings is 2. The molecular formula is C47H70N3O3+. The van der Waals surface area contributed by atoms with Crippen LogP contribution in [-0.2, 0) is 4.74 Å². The van der Waals surface area contributed by atoms with E-state index in [4.69, 9.17) is 9.47 Å². The van der Waals surface area contributed by atoms with Gasteiger partial charge in [-0.15, -0.1) is 0 Å². The molecule has 8 atom stereocenters. The van der Waals surface area contributed by atoms with Crippen LogP contribution in [0.5, 0.6) is 5.75 Å². The van der Waals surface area contributed by atoms with E-state index in [0.29, 0.717) is 23.3 Å². The summed E-state index contributed by atoms with van der Waals surface area (Å²) in [7, 11) is 6.64. The number of carbonyl (C=O) groups excluding carboxylic acids is 1. The van der Waals surface area contributed by atoms with E-state index in [1.165, 1.54) is 51.4 Å². The lowest BCUT2D eigenvalue weighted by molar-refractivity contribution is -0.870. The molecule has 2 aromatic carbocycles. The summed E-state index contributed by atoms with van der Waals surface area (Å²) in [4.78, 5) is 13.3. The maximum Gasteiger partial charge on any atom is 0.338 e. The first kappa shape index (κ1) is 39.7. The zero-order valence-corrected chi connectivity index (χ0v) is 34.4. The fraction of sp³-hybridized carbons (Fsp3) is 0.681. The molecule has 0 radical (unpaired) electrons. The molecule has 0 N–H and O–H groups in total. The second-order valence-electron chi connectivity index (χ2n) is 19.4. The summed E-state index contributed by atoms with van der Waals surface area (Å²) in [5, 5.41) is 8.78. The minimum absolute atomic E-state index is 0.0520. The predicted octanol–water partition coefficient (Wildman–Crippen LogP) is 12.5. The average molecular weight is 725 g/mol. The summed E-state index contributed by atoms with van der Waals surface area (Å²) in [6.45, 7) is 14.4. The molecule has 0 saturated heterocycles. The molecule has 4 aliphatic rings. The third-order valence-corrected chi connectivity index (χ3v) is 14.2. The number of hydrogen-bond donors (Lipinski definition) is 0. The van der Waals surface area contributed by atoms with Gasteiger partial charge in [0.15, 0.2) is 0 Å². The molecule has 3 saturated carbocycles. The lowest BCUT2D eigenvalue weighted by Gasteiger charge is -2.58. The fourth-order valence-corrected chi connectivity index (χ4v) is 11.2. The van der Waals surface area contributed by atoms with Crippen molar-refractivity contribution in [2.75, 3.05) is 34.3 Å². The highest BCUT2D eigenvalue weighted by Gasteiger charge is 2.59. The molecule has 6 heteroatoms. The van der Waals surface area contributed by atoms with Gasteiger partial charge in [-0.1, -0.05) is 65.5 Å².